The first-order chi connectivity index (χ1) is 21.7. The smallest absolute Gasteiger partial charge is 0.326 e. The van der Waals surface area contributed by atoms with E-state index in [1.807, 2.05) is 0 Å². The van der Waals surface area contributed by atoms with E-state index in [9.17, 15) is 48.6 Å². The Hall–Kier alpha value is -5.10. The first kappa shape index (κ1) is 37.1. The minimum atomic E-state index is -1.55. The molecule has 0 saturated carbocycles. The Morgan fingerprint density at radius 1 is 0.891 bits per heavy atom. The molecule has 0 unspecified atom stereocenters. The molecule has 1 heterocycles. The van der Waals surface area contributed by atoms with Gasteiger partial charge in [-0.05, 0) is 24.8 Å². The molecular formula is C28H39N7O11. The number of aliphatic hydroxyl groups is 1. The molecular weight excluding hydrogens is 610 g/mol. The zero-order valence-electron chi connectivity index (χ0n) is 24.8. The predicted molar refractivity (Wildman–Crippen MR) is 157 cm³/mol. The van der Waals surface area contributed by atoms with Crippen molar-refractivity contribution in [2.24, 2.45) is 11.5 Å². The first-order valence-electron chi connectivity index (χ1n) is 14.3. The third kappa shape index (κ3) is 11.8. The summed E-state index contributed by atoms with van der Waals surface area (Å²) in [6.45, 7) is -1.38. The highest BCUT2D eigenvalue weighted by molar-refractivity contribution is 5.97. The Kier molecular flexibility index (Phi) is 14.5. The molecule has 11 N–H and O–H groups in total. The van der Waals surface area contributed by atoms with Crippen LogP contribution >= 0.6 is 0 Å². The highest BCUT2D eigenvalue weighted by atomic mass is 16.4. The molecule has 18 nitrogen and oxygen atoms in total. The van der Waals surface area contributed by atoms with E-state index in [-0.39, 0.29) is 25.8 Å². The molecule has 1 fully saturated rings. The van der Waals surface area contributed by atoms with Gasteiger partial charge in [-0.3, -0.25) is 33.6 Å². The van der Waals surface area contributed by atoms with Gasteiger partial charge in [0.05, 0.1) is 25.6 Å². The molecule has 0 spiro atoms. The Bertz CT molecular complexity index is 1290. The van der Waals surface area contributed by atoms with Crippen LogP contribution in [0.4, 0.5) is 0 Å². The lowest BCUT2D eigenvalue weighted by atomic mass is 10.0. The molecule has 0 aromatic heterocycles. The molecule has 0 radical (unpaired) electrons. The van der Waals surface area contributed by atoms with E-state index in [4.69, 9.17) is 16.6 Å². The molecule has 2 rings (SSSR count). The molecule has 1 aliphatic rings. The van der Waals surface area contributed by atoms with Crippen molar-refractivity contribution in [3.05, 3.63) is 35.9 Å². The maximum absolute atomic E-state index is 13.2. The number of hydrogen-bond donors (Lipinski definition) is 9. The molecule has 0 bridgehead atoms. The average Bonchev–Trinajstić information content (AvgIpc) is 3.51. The zero-order valence-corrected chi connectivity index (χ0v) is 24.8. The van der Waals surface area contributed by atoms with E-state index < -0.39 is 104 Å². The number of primary amides is 1. The summed E-state index contributed by atoms with van der Waals surface area (Å²) in [5.74, 6) is -7.81. The second-order valence-corrected chi connectivity index (χ2v) is 10.6. The van der Waals surface area contributed by atoms with Gasteiger partial charge in [0.15, 0.2) is 0 Å². The first-order valence-corrected chi connectivity index (χ1v) is 14.3. The number of nitrogens with zero attached hydrogens (tertiary/aromatic N) is 1. The number of carbonyl (C=O) groups excluding carboxylic acids is 6. The fraction of sp³-hybridized carbons (Fsp3) is 0.500. The van der Waals surface area contributed by atoms with Gasteiger partial charge in [-0.15, -0.1) is 0 Å². The van der Waals surface area contributed by atoms with E-state index in [1.54, 1.807) is 30.3 Å². The summed E-state index contributed by atoms with van der Waals surface area (Å²) in [4.78, 5) is 99.1. The van der Waals surface area contributed by atoms with Crippen molar-refractivity contribution in [2.75, 3.05) is 19.7 Å². The predicted octanol–water partition coefficient (Wildman–Crippen LogP) is -4.06. The maximum Gasteiger partial charge on any atom is 0.326 e. The third-order valence-corrected chi connectivity index (χ3v) is 7.05. The van der Waals surface area contributed by atoms with Crippen LogP contribution in [0.1, 0.15) is 37.7 Å². The second-order valence-electron chi connectivity index (χ2n) is 10.6. The topological polar surface area (TPSA) is 301 Å². The van der Waals surface area contributed by atoms with Crippen molar-refractivity contribution in [1.82, 2.24) is 26.2 Å². The lowest BCUT2D eigenvalue weighted by molar-refractivity contribution is -0.143. The quantitative estimate of drug-likeness (QED) is 0.0734. The number of likely N-dealkylation sites (tertiary alicyclic amines) is 1. The van der Waals surface area contributed by atoms with Crippen LogP contribution in [0.2, 0.25) is 0 Å². The Morgan fingerprint density at radius 2 is 1.54 bits per heavy atom. The number of carboxylic acids is 2. The number of carbonyl (C=O) groups is 8. The minimum absolute atomic E-state index is 0.0753. The van der Waals surface area contributed by atoms with E-state index in [1.165, 1.54) is 0 Å². The van der Waals surface area contributed by atoms with Gasteiger partial charge in [0.1, 0.15) is 24.2 Å². The van der Waals surface area contributed by atoms with Crippen molar-refractivity contribution in [3.8, 4) is 0 Å². The monoisotopic (exact) mass is 649 g/mol. The number of benzene rings is 1. The summed E-state index contributed by atoms with van der Waals surface area (Å²) < 4.78 is 0. The fourth-order valence-corrected chi connectivity index (χ4v) is 4.61. The van der Waals surface area contributed by atoms with Crippen LogP contribution < -0.4 is 32.7 Å². The molecule has 0 aliphatic carbocycles. The molecule has 1 aromatic rings. The van der Waals surface area contributed by atoms with Gasteiger partial charge < -0.3 is 53.0 Å². The molecule has 18 heteroatoms. The number of aliphatic carboxylic acids is 2. The van der Waals surface area contributed by atoms with Gasteiger partial charge in [0.2, 0.25) is 35.4 Å². The van der Waals surface area contributed by atoms with Crippen LogP contribution in [0.3, 0.4) is 0 Å². The van der Waals surface area contributed by atoms with E-state index in [2.05, 4.69) is 21.3 Å². The zero-order chi connectivity index (χ0) is 34.4. The average molecular weight is 650 g/mol. The van der Waals surface area contributed by atoms with Gasteiger partial charge in [-0.2, -0.15) is 0 Å². The Balaban J connectivity index is 2.00. The van der Waals surface area contributed by atoms with Crippen LogP contribution in [0, 0.1) is 0 Å². The number of rotatable bonds is 18. The highest BCUT2D eigenvalue weighted by Gasteiger charge is 2.37. The lowest BCUT2D eigenvalue weighted by Crippen LogP contribution is -2.57. The van der Waals surface area contributed by atoms with Gasteiger partial charge in [0.25, 0.3) is 0 Å². The molecule has 252 valence electrons. The van der Waals surface area contributed by atoms with Gasteiger partial charge in [-0.1, -0.05) is 30.3 Å². The van der Waals surface area contributed by atoms with E-state index in [0.717, 1.165) is 4.90 Å². The summed E-state index contributed by atoms with van der Waals surface area (Å²) in [6.07, 6.45) is -0.783. The summed E-state index contributed by atoms with van der Waals surface area (Å²) in [7, 11) is 0. The van der Waals surface area contributed by atoms with Crippen LogP contribution in [-0.2, 0) is 44.8 Å². The van der Waals surface area contributed by atoms with Gasteiger partial charge >= 0.3 is 11.9 Å². The van der Waals surface area contributed by atoms with E-state index >= 15 is 0 Å². The highest BCUT2D eigenvalue weighted by Crippen LogP contribution is 2.18. The SMILES string of the molecule is NC(=O)C[C@H](NC(=O)[C@@H]1CCCN1C(=O)CNC(=O)[C@H](CO)NC(=O)[C@@H](N)CCC(=O)O)C(=O)N[C@@H](Cc1ccccc1)C(=O)O. The summed E-state index contributed by atoms with van der Waals surface area (Å²) in [5.41, 5.74) is 11.5. The summed E-state index contributed by atoms with van der Waals surface area (Å²) in [6, 6.07) is 1.65. The van der Waals surface area contributed by atoms with Crippen molar-refractivity contribution >= 4 is 47.4 Å². The minimum Gasteiger partial charge on any atom is -0.481 e. The van der Waals surface area contributed by atoms with Crippen LogP contribution in [0.5, 0.6) is 0 Å². The maximum atomic E-state index is 13.2. The number of nitrogens with two attached hydrogens (primary N) is 2. The van der Waals surface area contributed by atoms with Crippen LogP contribution in [-0.4, -0.2) is 118 Å². The molecule has 1 aromatic carbocycles. The molecule has 5 atom stereocenters. The summed E-state index contributed by atoms with van der Waals surface area (Å²) in [5, 5.41) is 37.0. The number of nitrogens with one attached hydrogen (secondary N) is 4. The van der Waals surface area contributed by atoms with Crippen molar-refractivity contribution in [2.45, 2.75) is 68.7 Å². The largest absolute Gasteiger partial charge is 0.481 e. The van der Waals surface area contributed by atoms with Gasteiger partial charge in [0, 0.05) is 19.4 Å². The number of carboxylic acid groups (broad SMARTS) is 2. The molecule has 1 aliphatic heterocycles. The van der Waals surface area contributed by atoms with Crippen molar-refractivity contribution in [3.63, 3.8) is 0 Å². The number of aliphatic hydroxyl groups excluding tert-OH is 1. The van der Waals surface area contributed by atoms with Gasteiger partial charge in [-0.25, -0.2) is 4.79 Å². The van der Waals surface area contributed by atoms with Crippen molar-refractivity contribution < 1.29 is 53.7 Å². The third-order valence-electron chi connectivity index (χ3n) is 7.05. The molecule has 46 heavy (non-hydrogen) atoms. The van der Waals surface area contributed by atoms with Crippen molar-refractivity contribution in [1.29, 1.82) is 0 Å². The van der Waals surface area contributed by atoms with Crippen LogP contribution in [0.15, 0.2) is 30.3 Å². The standard InChI is InChI=1S/C28H39N7O11/c29-16(8-9-23(39)40)24(41)34-19(14-36)25(42)31-13-22(38)35-10-4-7-20(35)27(44)32-17(12-21(30)37)26(43)33-18(28(45)46)11-15-5-2-1-3-6-15/h1-3,5-6,16-20,36H,4,7-14,29H2,(H2,30,37)(H,31,42)(H,32,44)(H,33,43)(H,34,41)(H,39,40)(H,45,46)/t16-,17-,18-,19-,20-/m0/s1. The lowest BCUT2D eigenvalue weighted by Gasteiger charge is -2.27. The molecule has 1 saturated heterocycles. The molecule has 6 amide bonds. The van der Waals surface area contributed by atoms with E-state index in [0.29, 0.717) is 12.0 Å². The van der Waals surface area contributed by atoms with Crippen LogP contribution in [0.25, 0.3) is 0 Å². The number of hydrogen-bond acceptors (Lipinski definition) is 10. The summed E-state index contributed by atoms with van der Waals surface area (Å²) >= 11 is 0. The normalized spacial score (nSPS) is 16.7. The Morgan fingerprint density at radius 3 is 2.13 bits per heavy atom. The second kappa shape index (κ2) is 18.0. The number of amides is 6. The fourth-order valence-electron chi connectivity index (χ4n) is 4.61. The Labute approximate surface area is 263 Å².